The second-order valence-electron chi connectivity index (χ2n) is 3.48. The Kier molecular flexibility index (Phi) is 2.93. The standard InChI is InChI=1S/C11H13ClN2O/c1-2-7(6-13)11-14-9-5-3-4-8(12)10(9)15-11/h3-5,7H,2,6,13H2,1H3. The smallest absolute Gasteiger partial charge is 0.199 e. The number of nitrogens with zero attached hydrogens (tertiary/aromatic N) is 1. The minimum Gasteiger partial charge on any atom is -0.439 e. The first kappa shape index (κ1) is 10.5. The molecule has 2 aromatic rings. The molecule has 1 heterocycles. The van der Waals surface area contributed by atoms with Crippen molar-refractivity contribution < 1.29 is 4.42 Å². The van der Waals surface area contributed by atoms with E-state index in [1.807, 2.05) is 12.1 Å². The van der Waals surface area contributed by atoms with Crippen LogP contribution < -0.4 is 5.73 Å². The first-order chi connectivity index (χ1) is 7.26. The van der Waals surface area contributed by atoms with Crippen LogP contribution in [-0.2, 0) is 0 Å². The molecule has 0 saturated carbocycles. The van der Waals surface area contributed by atoms with E-state index < -0.39 is 0 Å². The van der Waals surface area contributed by atoms with Crippen LogP contribution >= 0.6 is 11.6 Å². The van der Waals surface area contributed by atoms with Crippen molar-refractivity contribution in [1.29, 1.82) is 0 Å². The summed E-state index contributed by atoms with van der Waals surface area (Å²) < 4.78 is 5.62. The zero-order chi connectivity index (χ0) is 10.8. The molecule has 0 radical (unpaired) electrons. The third-order valence-electron chi connectivity index (χ3n) is 2.51. The number of para-hydroxylation sites is 1. The van der Waals surface area contributed by atoms with Crippen LogP contribution in [0.15, 0.2) is 22.6 Å². The summed E-state index contributed by atoms with van der Waals surface area (Å²) in [7, 11) is 0. The Balaban J connectivity index is 2.51. The van der Waals surface area contributed by atoms with Crippen molar-refractivity contribution in [3.63, 3.8) is 0 Å². The van der Waals surface area contributed by atoms with Crippen molar-refractivity contribution in [2.24, 2.45) is 5.73 Å². The number of hydrogen-bond acceptors (Lipinski definition) is 3. The number of aromatic nitrogens is 1. The maximum Gasteiger partial charge on any atom is 0.199 e. The van der Waals surface area contributed by atoms with Gasteiger partial charge in [-0.15, -0.1) is 0 Å². The minimum atomic E-state index is 0.175. The molecule has 0 amide bonds. The number of nitrogens with two attached hydrogens (primary N) is 1. The molecule has 15 heavy (non-hydrogen) atoms. The molecule has 0 fully saturated rings. The van der Waals surface area contributed by atoms with Crippen molar-refractivity contribution in [3.8, 4) is 0 Å². The van der Waals surface area contributed by atoms with Crippen LogP contribution in [0.1, 0.15) is 25.2 Å². The maximum atomic E-state index is 6.00. The van der Waals surface area contributed by atoms with Gasteiger partial charge in [0.05, 0.1) is 5.02 Å². The monoisotopic (exact) mass is 224 g/mol. The number of halogens is 1. The van der Waals surface area contributed by atoms with Gasteiger partial charge in [-0.1, -0.05) is 24.6 Å². The lowest BCUT2D eigenvalue weighted by Crippen LogP contribution is -2.11. The van der Waals surface area contributed by atoms with Gasteiger partial charge in [0.2, 0.25) is 0 Å². The summed E-state index contributed by atoms with van der Waals surface area (Å²) in [5, 5.41) is 0.595. The Hall–Kier alpha value is -1.06. The highest BCUT2D eigenvalue weighted by Gasteiger charge is 2.15. The number of fused-ring (bicyclic) bond motifs is 1. The first-order valence-corrected chi connectivity index (χ1v) is 5.39. The SMILES string of the molecule is CCC(CN)c1nc2cccc(Cl)c2o1. The summed E-state index contributed by atoms with van der Waals surface area (Å²) in [6, 6.07) is 5.54. The summed E-state index contributed by atoms with van der Waals surface area (Å²) in [4.78, 5) is 4.38. The Morgan fingerprint density at radius 1 is 1.53 bits per heavy atom. The molecule has 80 valence electrons. The molecular weight excluding hydrogens is 212 g/mol. The Morgan fingerprint density at radius 3 is 2.93 bits per heavy atom. The van der Waals surface area contributed by atoms with Crippen LogP contribution in [0.25, 0.3) is 11.1 Å². The van der Waals surface area contributed by atoms with Crippen molar-refractivity contribution in [2.75, 3.05) is 6.54 Å². The molecule has 0 aliphatic rings. The molecule has 1 unspecified atom stereocenters. The molecule has 2 rings (SSSR count). The fourth-order valence-electron chi connectivity index (χ4n) is 1.55. The van der Waals surface area contributed by atoms with E-state index in [1.165, 1.54) is 0 Å². The molecule has 1 atom stereocenters. The van der Waals surface area contributed by atoms with E-state index in [0.29, 0.717) is 23.0 Å². The average Bonchev–Trinajstić information content (AvgIpc) is 2.65. The molecule has 0 spiro atoms. The highest BCUT2D eigenvalue weighted by Crippen LogP contribution is 2.27. The normalized spacial score (nSPS) is 13.3. The maximum absolute atomic E-state index is 6.00. The van der Waals surface area contributed by atoms with Gasteiger partial charge in [-0.3, -0.25) is 0 Å². The number of oxazole rings is 1. The van der Waals surface area contributed by atoms with Gasteiger partial charge in [0, 0.05) is 12.5 Å². The highest BCUT2D eigenvalue weighted by atomic mass is 35.5. The Morgan fingerprint density at radius 2 is 2.33 bits per heavy atom. The molecule has 0 aliphatic carbocycles. The summed E-state index contributed by atoms with van der Waals surface area (Å²) in [5.41, 5.74) is 7.09. The molecule has 1 aromatic carbocycles. The van der Waals surface area contributed by atoms with Crippen LogP contribution in [0, 0.1) is 0 Å². The molecule has 1 aromatic heterocycles. The van der Waals surface area contributed by atoms with E-state index >= 15 is 0 Å². The van der Waals surface area contributed by atoms with Gasteiger partial charge in [0.1, 0.15) is 5.52 Å². The molecule has 0 saturated heterocycles. The fourth-order valence-corrected chi connectivity index (χ4v) is 1.76. The van der Waals surface area contributed by atoms with Gasteiger partial charge in [0.15, 0.2) is 11.5 Å². The van der Waals surface area contributed by atoms with E-state index in [-0.39, 0.29) is 5.92 Å². The molecular formula is C11H13ClN2O. The van der Waals surface area contributed by atoms with E-state index in [0.717, 1.165) is 11.9 Å². The fraction of sp³-hybridized carbons (Fsp3) is 0.364. The summed E-state index contributed by atoms with van der Waals surface area (Å²) >= 11 is 6.00. The lowest BCUT2D eigenvalue weighted by atomic mass is 10.1. The van der Waals surface area contributed by atoms with Crippen LogP contribution in [-0.4, -0.2) is 11.5 Å². The molecule has 0 aliphatic heterocycles. The molecule has 2 N–H and O–H groups in total. The largest absolute Gasteiger partial charge is 0.439 e. The van der Waals surface area contributed by atoms with Crippen LogP contribution in [0.2, 0.25) is 5.02 Å². The van der Waals surface area contributed by atoms with Gasteiger partial charge in [0.25, 0.3) is 0 Å². The van der Waals surface area contributed by atoms with Crippen molar-refractivity contribution in [1.82, 2.24) is 4.98 Å². The quantitative estimate of drug-likeness (QED) is 0.872. The predicted octanol–water partition coefficient (Wildman–Crippen LogP) is 2.93. The van der Waals surface area contributed by atoms with Crippen LogP contribution in [0.3, 0.4) is 0 Å². The summed E-state index contributed by atoms with van der Waals surface area (Å²) in [6.07, 6.45) is 0.918. The molecule has 0 bridgehead atoms. The Bertz CT molecular complexity index is 463. The van der Waals surface area contributed by atoms with E-state index in [2.05, 4.69) is 11.9 Å². The second kappa shape index (κ2) is 4.21. The molecule has 3 nitrogen and oxygen atoms in total. The van der Waals surface area contributed by atoms with Gasteiger partial charge < -0.3 is 10.2 Å². The van der Waals surface area contributed by atoms with Crippen molar-refractivity contribution >= 4 is 22.7 Å². The molecule has 4 heteroatoms. The van der Waals surface area contributed by atoms with Crippen LogP contribution in [0.4, 0.5) is 0 Å². The van der Waals surface area contributed by atoms with Gasteiger partial charge in [-0.25, -0.2) is 4.98 Å². The Labute approximate surface area is 93.2 Å². The highest BCUT2D eigenvalue weighted by molar-refractivity contribution is 6.34. The zero-order valence-electron chi connectivity index (χ0n) is 8.53. The van der Waals surface area contributed by atoms with E-state index in [4.69, 9.17) is 21.8 Å². The number of rotatable bonds is 3. The lowest BCUT2D eigenvalue weighted by Gasteiger charge is -2.05. The average molecular weight is 225 g/mol. The van der Waals surface area contributed by atoms with E-state index in [9.17, 15) is 0 Å². The predicted molar refractivity (Wildman–Crippen MR) is 61.1 cm³/mol. The second-order valence-corrected chi connectivity index (χ2v) is 3.89. The van der Waals surface area contributed by atoms with Crippen molar-refractivity contribution in [3.05, 3.63) is 29.1 Å². The summed E-state index contributed by atoms with van der Waals surface area (Å²) in [6.45, 7) is 2.61. The lowest BCUT2D eigenvalue weighted by molar-refractivity contribution is 0.465. The van der Waals surface area contributed by atoms with Crippen molar-refractivity contribution in [2.45, 2.75) is 19.3 Å². The van der Waals surface area contributed by atoms with Gasteiger partial charge in [-0.2, -0.15) is 0 Å². The van der Waals surface area contributed by atoms with E-state index in [1.54, 1.807) is 6.07 Å². The van der Waals surface area contributed by atoms with Gasteiger partial charge >= 0.3 is 0 Å². The summed E-state index contributed by atoms with van der Waals surface area (Å²) in [5.74, 6) is 0.858. The first-order valence-electron chi connectivity index (χ1n) is 5.01. The number of hydrogen-bond donors (Lipinski definition) is 1. The van der Waals surface area contributed by atoms with Gasteiger partial charge in [-0.05, 0) is 18.6 Å². The zero-order valence-corrected chi connectivity index (χ0v) is 9.29. The number of benzene rings is 1. The third-order valence-corrected chi connectivity index (χ3v) is 2.81. The third kappa shape index (κ3) is 1.85. The van der Waals surface area contributed by atoms with Crippen LogP contribution in [0.5, 0.6) is 0 Å². The topological polar surface area (TPSA) is 52.0 Å². The minimum absolute atomic E-state index is 0.175.